The van der Waals surface area contributed by atoms with Gasteiger partial charge < -0.3 is 10.0 Å². The van der Waals surface area contributed by atoms with Gasteiger partial charge in [-0.1, -0.05) is 13.0 Å². The first-order valence-corrected chi connectivity index (χ1v) is 7.16. The highest BCUT2D eigenvalue weighted by Crippen LogP contribution is 2.35. The van der Waals surface area contributed by atoms with Gasteiger partial charge in [-0.25, -0.2) is 0 Å². The van der Waals surface area contributed by atoms with E-state index in [1.807, 2.05) is 4.90 Å². The number of halogens is 3. The third-order valence-corrected chi connectivity index (χ3v) is 4.11. The second-order valence-corrected chi connectivity index (χ2v) is 5.42. The second kappa shape index (κ2) is 6.23. The van der Waals surface area contributed by atoms with Crippen molar-refractivity contribution in [1.29, 1.82) is 0 Å². The molecule has 6 heteroatoms. The van der Waals surface area contributed by atoms with Crippen LogP contribution >= 0.6 is 0 Å². The molecule has 1 N–H and O–H groups in total. The van der Waals surface area contributed by atoms with E-state index in [1.165, 1.54) is 6.07 Å². The van der Waals surface area contributed by atoms with Crippen LogP contribution < -0.4 is 4.90 Å². The minimum atomic E-state index is -4.44. The van der Waals surface area contributed by atoms with E-state index in [9.17, 15) is 13.2 Å². The number of rotatable bonds is 3. The Morgan fingerprint density at radius 1 is 1.29 bits per heavy atom. The van der Waals surface area contributed by atoms with Crippen molar-refractivity contribution in [3.63, 3.8) is 0 Å². The van der Waals surface area contributed by atoms with Gasteiger partial charge in [0.25, 0.3) is 0 Å². The van der Waals surface area contributed by atoms with Gasteiger partial charge in [0, 0.05) is 31.4 Å². The zero-order valence-corrected chi connectivity index (χ0v) is 12.3. The molecule has 1 aliphatic rings. The topological polar surface area (TPSA) is 26.7 Å². The SMILES string of the molecule is CCN1CCN(c2ccc(CO)c(C(F)(F)F)c2)CC1C. The Balaban J connectivity index is 2.25. The van der Waals surface area contributed by atoms with Gasteiger partial charge in [-0.05, 0) is 31.2 Å². The first-order valence-electron chi connectivity index (χ1n) is 7.16. The highest BCUT2D eigenvalue weighted by atomic mass is 19.4. The lowest BCUT2D eigenvalue weighted by Gasteiger charge is -2.40. The molecule has 1 aromatic carbocycles. The van der Waals surface area contributed by atoms with Crippen molar-refractivity contribution < 1.29 is 18.3 Å². The summed E-state index contributed by atoms with van der Waals surface area (Å²) in [7, 11) is 0. The molecule has 0 saturated carbocycles. The Kier molecular flexibility index (Phi) is 4.78. The molecule has 0 aliphatic carbocycles. The van der Waals surface area contributed by atoms with Gasteiger partial charge in [0.15, 0.2) is 0 Å². The van der Waals surface area contributed by atoms with E-state index in [4.69, 9.17) is 5.11 Å². The van der Waals surface area contributed by atoms with Gasteiger partial charge in [-0.15, -0.1) is 0 Å². The lowest BCUT2D eigenvalue weighted by Crippen LogP contribution is -2.51. The molecule has 1 unspecified atom stereocenters. The van der Waals surface area contributed by atoms with Crippen LogP contribution in [0.1, 0.15) is 25.0 Å². The number of aliphatic hydroxyl groups excluding tert-OH is 1. The predicted molar refractivity (Wildman–Crippen MR) is 76.3 cm³/mol. The third kappa shape index (κ3) is 3.49. The van der Waals surface area contributed by atoms with Crippen molar-refractivity contribution in [2.24, 2.45) is 0 Å². The third-order valence-electron chi connectivity index (χ3n) is 4.11. The van der Waals surface area contributed by atoms with Crippen molar-refractivity contribution in [2.75, 3.05) is 31.1 Å². The van der Waals surface area contributed by atoms with Gasteiger partial charge in [0.2, 0.25) is 0 Å². The number of hydrogen-bond donors (Lipinski definition) is 1. The Morgan fingerprint density at radius 2 is 2.00 bits per heavy atom. The predicted octanol–water partition coefficient (Wildman–Crippen LogP) is 2.73. The quantitative estimate of drug-likeness (QED) is 0.930. The first-order chi connectivity index (χ1) is 9.86. The van der Waals surface area contributed by atoms with Gasteiger partial charge in [-0.3, -0.25) is 4.90 Å². The Hall–Kier alpha value is -1.27. The van der Waals surface area contributed by atoms with Gasteiger partial charge >= 0.3 is 6.18 Å². The molecule has 2 rings (SSSR count). The molecule has 1 heterocycles. The average molecular weight is 302 g/mol. The maximum Gasteiger partial charge on any atom is 0.416 e. The molecule has 1 aliphatic heterocycles. The smallest absolute Gasteiger partial charge is 0.392 e. The monoisotopic (exact) mass is 302 g/mol. The first kappa shape index (κ1) is 16.1. The molecule has 0 bridgehead atoms. The summed E-state index contributed by atoms with van der Waals surface area (Å²) >= 11 is 0. The number of piperazine rings is 1. The lowest BCUT2D eigenvalue weighted by molar-refractivity contribution is -0.138. The van der Waals surface area contributed by atoms with E-state index >= 15 is 0 Å². The van der Waals surface area contributed by atoms with Crippen molar-refractivity contribution in [3.05, 3.63) is 29.3 Å². The molecule has 118 valence electrons. The van der Waals surface area contributed by atoms with Crippen LogP contribution in [0, 0.1) is 0 Å². The minimum Gasteiger partial charge on any atom is -0.392 e. The lowest BCUT2D eigenvalue weighted by atomic mass is 10.0. The number of hydrogen-bond acceptors (Lipinski definition) is 3. The molecule has 21 heavy (non-hydrogen) atoms. The number of alkyl halides is 3. The van der Waals surface area contributed by atoms with Crippen LogP contribution in [-0.4, -0.2) is 42.2 Å². The van der Waals surface area contributed by atoms with Crippen LogP contribution in [0.25, 0.3) is 0 Å². The molecule has 1 fully saturated rings. The van der Waals surface area contributed by atoms with Gasteiger partial charge in [0.1, 0.15) is 0 Å². The summed E-state index contributed by atoms with van der Waals surface area (Å²) in [6.45, 7) is 6.80. The van der Waals surface area contributed by atoms with Crippen LogP contribution in [0.2, 0.25) is 0 Å². The van der Waals surface area contributed by atoms with Crippen molar-refractivity contribution in [1.82, 2.24) is 4.90 Å². The summed E-state index contributed by atoms with van der Waals surface area (Å²) in [6, 6.07) is 4.50. The Bertz CT molecular complexity index is 490. The number of nitrogens with zero attached hydrogens (tertiary/aromatic N) is 2. The van der Waals surface area contributed by atoms with Crippen LogP contribution in [-0.2, 0) is 12.8 Å². The summed E-state index contributed by atoms with van der Waals surface area (Å²) in [6.07, 6.45) is -4.44. The zero-order valence-electron chi connectivity index (χ0n) is 12.3. The summed E-state index contributed by atoms with van der Waals surface area (Å²) in [4.78, 5) is 4.29. The summed E-state index contributed by atoms with van der Waals surface area (Å²) in [5.74, 6) is 0. The maximum absolute atomic E-state index is 13.0. The van der Waals surface area contributed by atoms with E-state index in [0.29, 0.717) is 24.8 Å². The Morgan fingerprint density at radius 3 is 2.52 bits per heavy atom. The van der Waals surface area contributed by atoms with Crippen LogP contribution in [0.5, 0.6) is 0 Å². The van der Waals surface area contributed by atoms with Crippen LogP contribution in [0.3, 0.4) is 0 Å². The Labute approximate surface area is 123 Å². The van der Waals surface area contributed by atoms with E-state index in [2.05, 4.69) is 18.7 Å². The highest BCUT2D eigenvalue weighted by Gasteiger charge is 2.34. The fourth-order valence-corrected chi connectivity index (χ4v) is 2.86. The van der Waals surface area contributed by atoms with Gasteiger partial charge in [-0.2, -0.15) is 13.2 Å². The molecule has 1 aromatic rings. The molecule has 0 aromatic heterocycles. The van der Waals surface area contributed by atoms with Crippen LogP contribution in [0.4, 0.5) is 18.9 Å². The molecular weight excluding hydrogens is 281 g/mol. The number of likely N-dealkylation sites (N-methyl/N-ethyl adjacent to an activating group) is 1. The number of aliphatic hydroxyl groups is 1. The molecule has 1 atom stereocenters. The van der Waals surface area contributed by atoms with Crippen LogP contribution in [0.15, 0.2) is 18.2 Å². The zero-order chi connectivity index (χ0) is 15.6. The molecule has 0 spiro atoms. The van der Waals surface area contributed by atoms with E-state index in [1.54, 1.807) is 6.07 Å². The standard InChI is InChI=1S/C15H21F3N2O/c1-3-19-6-7-20(9-11(19)2)13-5-4-12(10-21)14(8-13)15(16,17)18/h4-5,8,11,21H,3,6-7,9-10H2,1-2H3. The fourth-order valence-electron chi connectivity index (χ4n) is 2.86. The van der Waals surface area contributed by atoms with E-state index in [-0.39, 0.29) is 5.56 Å². The molecule has 0 radical (unpaired) electrons. The van der Waals surface area contributed by atoms with Gasteiger partial charge in [0.05, 0.1) is 12.2 Å². The largest absolute Gasteiger partial charge is 0.416 e. The average Bonchev–Trinajstić information content (AvgIpc) is 2.45. The van der Waals surface area contributed by atoms with Crippen molar-refractivity contribution in [2.45, 2.75) is 32.7 Å². The fraction of sp³-hybridized carbons (Fsp3) is 0.600. The second-order valence-electron chi connectivity index (χ2n) is 5.42. The van der Waals surface area contributed by atoms with Crippen molar-refractivity contribution >= 4 is 5.69 Å². The molecular formula is C15H21F3N2O. The maximum atomic E-state index is 13.0. The highest BCUT2D eigenvalue weighted by molar-refractivity contribution is 5.52. The summed E-state index contributed by atoms with van der Waals surface area (Å²) < 4.78 is 39.1. The number of benzene rings is 1. The van der Waals surface area contributed by atoms with E-state index in [0.717, 1.165) is 19.2 Å². The summed E-state index contributed by atoms with van der Waals surface area (Å²) in [5, 5.41) is 9.07. The van der Waals surface area contributed by atoms with Crippen molar-refractivity contribution in [3.8, 4) is 0 Å². The molecule has 1 saturated heterocycles. The summed E-state index contributed by atoms with van der Waals surface area (Å²) in [5.41, 5.74) is -0.248. The normalized spacial score (nSPS) is 20.9. The molecule has 3 nitrogen and oxygen atoms in total. The van der Waals surface area contributed by atoms with E-state index < -0.39 is 18.3 Å². The molecule has 0 amide bonds. The minimum absolute atomic E-state index is 0.0773. The number of anilines is 1.